The Labute approximate surface area is 187 Å². The fourth-order valence-electron chi connectivity index (χ4n) is 2.62. The van der Waals surface area contributed by atoms with Crippen LogP contribution in [0.15, 0.2) is 64.1 Å². The molecule has 0 saturated heterocycles. The van der Waals surface area contributed by atoms with Crippen LogP contribution in [0.5, 0.6) is 0 Å². The third kappa shape index (κ3) is 5.83. The minimum Gasteiger partial charge on any atom is -0.325 e. The van der Waals surface area contributed by atoms with Gasteiger partial charge in [-0.2, -0.15) is 18.4 Å². The number of pyridine rings is 1. The molecule has 0 aliphatic carbocycles. The Balaban J connectivity index is 1.92. The molecule has 0 atom stereocenters. The number of hydrogen-bond donors (Lipinski definition) is 1. The molecule has 1 heterocycles. The zero-order valence-corrected chi connectivity index (χ0v) is 17.9. The molecule has 0 bridgehead atoms. The van der Waals surface area contributed by atoms with Crippen LogP contribution < -0.4 is 5.32 Å². The molecule has 0 aliphatic rings. The average molecular weight is 510 g/mol. The highest BCUT2D eigenvalue weighted by Gasteiger charge is 2.36. The van der Waals surface area contributed by atoms with Crippen molar-refractivity contribution in [2.45, 2.75) is 11.2 Å². The third-order valence-electron chi connectivity index (χ3n) is 3.99. The van der Waals surface area contributed by atoms with Gasteiger partial charge in [0, 0.05) is 15.7 Å². The fourth-order valence-corrected chi connectivity index (χ4v) is 3.83. The SMILES string of the molecule is N#Cc1c(C(F)(F)F)cc(-c2ccc(F)cc2)nc1SCC(=O)Nc1cccc(Br)c1. The van der Waals surface area contributed by atoms with Gasteiger partial charge in [-0.1, -0.05) is 33.8 Å². The number of nitrogens with one attached hydrogen (secondary N) is 1. The summed E-state index contributed by atoms with van der Waals surface area (Å²) in [7, 11) is 0. The van der Waals surface area contributed by atoms with Crippen LogP contribution in [-0.4, -0.2) is 16.6 Å². The lowest BCUT2D eigenvalue weighted by Crippen LogP contribution is -2.15. The first kappa shape index (κ1) is 22.8. The van der Waals surface area contributed by atoms with Gasteiger partial charge in [-0.15, -0.1) is 0 Å². The van der Waals surface area contributed by atoms with Crippen molar-refractivity contribution in [1.82, 2.24) is 4.98 Å². The number of alkyl halides is 3. The molecule has 10 heteroatoms. The Morgan fingerprint density at radius 2 is 1.87 bits per heavy atom. The molecule has 0 saturated carbocycles. The summed E-state index contributed by atoms with van der Waals surface area (Å²) in [6.07, 6.45) is -4.81. The minimum absolute atomic E-state index is 0.0822. The molecule has 31 heavy (non-hydrogen) atoms. The van der Waals surface area contributed by atoms with E-state index in [1.165, 1.54) is 18.2 Å². The third-order valence-corrected chi connectivity index (χ3v) is 5.46. The van der Waals surface area contributed by atoms with Crippen molar-refractivity contribution in [3.63, 3.8) is 0 Å². The van der Waals surface area contributed by atoms with E-state index in [1.54, 1.807) is 24.3 Å². The number of hydrogen-bond acceptors (Lipinski definition) is 4. The molecule has 158 valence electrons. The van der Waals surface area contributed by atoms with E-state index < -0.39 is 29.0 Å². The van der Waals surface area contributed by atoms with E-state index >= 15 is 0 Å². The van der Waals surface area contributed by atoms with Crippen molar-refractivity contribution in [3.05, 3.63) is 76.0 Å². The molecule has 1 amide bonds. The number of rotatable bonds is 5. The molecule has 0 spiro atoms. The molecule has 2 aromatic carbocycles. The second-order valence-corrected chi connectivity index (χ2v) is 8.08. The molecule has 1 aromatic heterocycles. The average Bonchev–Trinajstić information content (AvgIpc) is 2.71. The monoisotopic (exact) mass is 509 g/mol. The van der Waals surface area contributed by atoms with Gasteiger partial charge in [0.05, 0.1) is 22.6 Å². The highest BCUT2D eigenvalue weighted by Crippen LogP contribution is 2.38. The van der Waals surface area contributed by atoms with Crippen molar-refractivity contribution in [2.75, 3.05) is 11.1 Å². The Hall–Kier alpha value is -2.90. The summed E-state index contributed by atoms with van der Waals surface area (Å²) in [6, 6.07) is 13.9. The number of aromatic nitrogens is 1. The van der Waals surface area contributed by atoms with E-state index in [0.717, 1.165) is 22.7 Å². The van der Waals surface area contributed by atoms with Gasteiger partial charge in [-0.3, -0.25) is 4.79 Å². The normalized spacial score (nSPS) is 11.1. The molecular weight excluding hydrogens is 498 g/mol. The zero-order chi connectivity index (χ0) is 22.6. The van der Waals surface area contributed by atoms with Gasteiger partial charge in [0.1, 0.15) is 16.9 Å². The van der Waals surface area contributed by atoms with E-state index in [1.807, 2.05) is 0 Å². The highest BCUT2D eigenvalue weighted by molar-refractivity contribution is 9.10. The van der Waals surface area contributed by atoms with Crippen LogP contribution in [0.4, 0.5) is 23.2 Å². The number of carbonyl (C=O) groups is 1. The maximum atomic E-state index is 13.6. The van der Waals surface area contributed by atoms with Crippen molar-refractivity contribution in [3.8, 4) is 17.3 Å². The van der Waals surface area contributed by atoms with Crippen molar-refractivity contribution in [1.29, 1.82) is 5.26 Å². The van der Waals surface area contributed by atoms with Gasteiger partial charge in [0.2, 0.25) is 5.91 Å². The lowest BCUT2D eigenvalue weighted by Gasteiger charge is -2.14. The minimum atomic E-state index is -4.81. The molecule has 0 unspecified atom stereocenters. The Bertz CT molecular complexity index is 1160. The van der Waals surface area contributed by atoms with Crippen molar-refractivity contribution < 1.29 is 22.4 Å². The topological polar surface area (TPSA) is 65.8 Å². The van der Waals surface area contributed by atoms with Crippen LogP contribution in [0.1, 0.15) is 11.1 Å². The van der Waals surface area contributed by atoms with E-state index in [9.17, 15) is 27.6 Å². The zero-order valence-electron chi connectivity index (χ0n) is 15.5. The van der Waals surface area contributed by atoms with Gasteiger partial charge in [-0.25, -0.2) is 9.37 Å². The predicted octanol–water partition coefficient (Wildman–Crippen LogP) is 6.27. The van der Waals surface area contributed by atoms with E-state index in [-0.39, 0.29) is 22.0 Å². The summed E-state index contributed by atoms with van der Waals surface area (Å²) in [6.45, 7) is 0. The number of thioether (sulfide) groups is 1. The molecule has 1 N–H and O–H groups in total. The van der Waals surface area contributed by atoms with Gasteiger partial charge < -0.3 is 5.32 Å². The van der Waals surface area contributed by atoms with Gasteiger partial charge in [0.15, 0.2) is 0 Å². The van der Waals surface area contributed by atoms with Crippen LogP contribution in [0.2, 0.25) is 0 Å². The van der Waals surface area contributed by atoms with Crippen LogP contribution in [0, 0.1) is 17.1 Å². The van der Waals surface area contributed by atoms with Gasteiger partial charge in [0.25, 0.3) is 0 Å². The van der Waals surface area contributed by atoms with Crippen LogP contribution in [-0.2, 0) is 11.0 Å². The van der Waals surface area contributed by atoms with Gasteiger partial charge in [-0.05, 0) is 48.5 Å². The smallest absolute Gasteiger partial charge is 0.325 e. The number of anilines is 1. The first-order valence-electron chi connectivity index (χ1n) is 8.64. The van der Waals surface area contributed by atoms with E-state index in [4.69, 9.17) is 0 Å². The lowest BCUT2D eigenvalue weighted by atomic mass is 10.1. The molecule has 3 rings (SSSR count). The Morgan fingerprint density at radius 3 is 2.48 bits per heavy atom. The maximum absolute atomic E-state index is 13.6. The lowest BCUT2D eigenvalue weighted by molar-refractivity contribution is -0.138. The Kier molecular flexibility index (Phi) is 6.97. The number of halogens is 5. The van der Waals surface area contributed by atoms with Crippen LogP contribution in [0.25, 0.3) is 11.3 Å². The number of amides is 1. The fraction of sp³-hybridized carbons (Fsp3) is 0.0952. The summed E-state index contributed by atoms with van der Waals surface area (Å²) in [5, 5.41) is 11.7. The maximum Gasteiger partial charge on any atom is 0.417 e. The summed E-state index contributed by atoms with van der Waals surface area (Å²) < 4.78 is 54.6. The number of nitrogens with zero attached hydrogens (tertiary/aromatic N) is 2. The first-order chi connectivity index (χ1) is 14.7. The highest BCUT2D eigenvalue weighted by atomic mass is 79.9. The standard InChI is InChI=1S/C21H12BrF4N3OS/c22-13-2-1-3-15(8-13)28-19(30)11-31-20-16(10-27)17(21(24,25)26)9-18(29-20)12-4-6-14(23)7-5-12/h1-9H,11H2,(H,28,30). The van der Waals surface area contributed by atoms with E-state index in [2.05, 4.69) is 26.2 Å². The molecular formula is C21H12BrF4N3OS. The second kappa shape index (κ2) is 9.49. The second-order valence-electron chi connectivity index (χ2n) is 6.20. The van der Waals surface area contributed by atoms with Crippen molar-refractivity contribution >= 4 is 39.3 Å². The number of benzene rings is 2. The quantitative estimate of drug-likeness (QED) is 0.325. The van der Waals surface area contributed by atoms with Gasteiger partial charge >= 0.3 is 6.18 Å². The first-order valence-corrected chi connectivity index (χ1v) is 10.4. The largest absolute Gasteiger partial charge is 0.417 e. The number of carbonyl (C=O) groups excluding carboxylic acids is 1. The van der Waals surface area contributed by atoms with Crippen LogP contribution >= 0.6 is 27.7 Å². The molecule has 0 fully saturated rings. The summed E-state index contributed by atoms with van der Waals surface area (Å²) in [5.74, 6) is -1.29. The summed E-state index contributed by atoms with van der Waals surface area (Å²) in [4.78, 5) is 16.4. The summed E-state index contributed by atoms with van der Waals surface area (Å²) >= 11 is 3.99. The predicted molar refractivity (Wildman–Crippen MR) is 113 cm³/mol. The molecule has 0 radical (unpaired) electrons. The van der Waals surface area contributed by atoms with E-state index in [0.29, 0.717) is 17.4 Å². The van der Waals surface area contributed by atoms with Crippen LogP contribution in [0.3, 0.4) is 0 Å². The Morgan fingerprint density at radius 1 is 1.16 bits per heavy atom. The number of nitriles is 1. The molecule has 4 nitrogen and oxygen atoms in total. The summed E-state index contributed by atoms with van der Waals surface area (Å²) in [5.41, 5.74) is -1.17. The molecule has 3 aromatic rings. The van der Waals surface area contributed by atoms with Crippen molar-refractivity contribution in [2.24, 2.45) is 0 Å². The molecule has 0 aliphatic heterocycles.